The summed E-state index contributed by atoms with van der Waals surface area (Å²) < 4.78 is 27.2. The number of hydrogen-bond donors (Lipinski definition) is 6. The van der Waals surface area contributed by atoms with Crippen molar-refractivity contribution in [1.29, 1.82) is 0 Å². The molecule has 27 nitrogen and oxygen atoms in total. The van der Waals surface area contributed by atoms with E-state index in [1.54, 1.807) is 122 Å². The number of rotatable bonds is 6. The van der Waals surface area contributed by atoms with Crippen molar-refractivity contribution in [1.82, 2.24) is 62.0 Å². The molecule has 6 aliphatic rings. The number of fused-ring (bicyclic) bond motifs is 6. The van der Waals surface area contributed by atoms with Crippen LogP contribution in [0.4, 0.5) is 21.1 Å². The molecule has 4 aliphatic heterocycles. The topological polar surface area (TPSA) is 356 Å². The molecule has 2 fully saturated rings. The number of halogens is 5. The van der Waals surface area contributed by atoms with E-state index in [2.05, 4.69) is 74.9 Å². The normalized spacial score (nSPS) is 16.2. The minimum atomic E-state index is -1.03. The number of piperidine rings is 1. The van der Waals surface area contributed by atoms with Gasteiger partial charge in [0.25, 0.3) is 11.8 Å². The first-order valence-corrected chi connectivity index (χ1v) is 39.1. The number of aromatic nitrogens is 8. The van der Waals surface area contributed by atoms with Crippen LogP contribution in [0.1, 0.15) is 175 Å². The number of benzene rings is 5. The molecule has 16 rings (SSSR count). The first kappa shape index (κ1) is 87.9. The van der Waals surface area contributed by atoms with Gasteiger partial charge in [-0.1, -0.05) is 82.3 Å². The number of carbonyl (C=O) groups excluding carboxylic acids is 4. The van der Waals surface area contributed by atoms with E-state index in [-0.39, 0.29) is 65.7 Å². The molecule has 5 aromatic heterocycles. The van der Waals surface area contributed by atoms with Crippen molar-refractivity contribution in [2.75, 3.05) is 36.0 Å². The summed E-state index contributed by atoms with van der Waals surface area (Å²) in [6.07, 6.45) is 16.2. The lowest BCUT2D eigenvalue weighted by Gasteiger charge is -2.41. The number of nitrogens with zero attached hydrogens (tertiary/aromatic N) is 11. The Morgan fingerprint density at radius 3 is 1.60 bits per heavy atom. The molecule has 0 bridgehead atoms. The van der Waals surface area contributed by atoms with E-state index >= 15 is 0 Å². The summed E-state index contributed by atoms with van der Waals surface area (Å²) in [5.74, 6) is 1.85. The lowest BCUT2D eigenvalue weighted by Crippen LogP contribution is -2.50. The third-order valence-electron chi connectivity index (χ3n) is 19.9. The number of nitrogens with one attached hydrogen (secondary N) is 4. The Kier molecular flexibility index (Phi) is 29.1. The van der Waals surface area contributed by atoms with Crippen molar-refractivity contribution >= 4 is 154 Å². The zero-order valence-electron chi connectivity index (χ0n) is 64.9. The summed E-state index contributed by atoms with van der Waals surface area (Å²) in [4.78, 5) is 86.2. The van der Waals surface area contributed by atoms with E-state index < -0.39 is 41.2 Å². The Bertz CT molecular complexity index is 5280. The van der Waals surface area contributed by atoms with Crippen LogP contribution < -0.4 is 37.2 Å². The quantitative estimate of drug-likeness (QED) is 0.0842. The Hall–Kier alpha value is -9.43. The monoisotopic (exact) mass is 1700 g/mol. The van der Waals surface area contributed by atoms with Crippen LogP contribution in [0.2, 0.25) is 25.1 Å². The summed E-state index contributed by atoms with van der Waals surface area (Å²) in [7, 11) is 0. The molecule has 608 valence electrons. The molecule has 7 N–H and O–H groups in total. The molecular formula is C81H91Cl5N16O11S2. The Labute approximate surface area is 704 Å². The average Bonchev–Trinajstić information content (AvgIpc) is 1.70. The highest BCUT2D eigenvalue weighted by atomic mass is 35.5. The summed E-state index contributed by atoms with van der Waals surface area (Å²) in [5, 5.41) is 28.5. The Balaban J connectivity index is 0.000000159. The zero-order chi connectivity index (χ0) is 80.6. The van der Waals surface area contributed by atoms with Crippen molar-refractivity contribution in [3.8, 4) is 22.9 Å². The summed E-state index contributed by atoms with van der Waals surface area (Å²) >= 11 is 30.9. The van der Waals surface area contributed by atoms with Crippen LogP contribution in [0.25, 0.3) is 44.7 Å². The number of ether oxygens (including phenoxy) is 3. The molecule has 10 aromatic rings. The largest absolute Gasteiger partial charge is 0.478 e. The predicted molar refractivity (Wildman–Crippen MR) is 454 cm³/mol. The van der Waals surface area contributed by atoms with E-state index in [0.717, 1.165) is 147 Å². The van der Waals surface area contributed by atoms with Crippen molar-refractivity contribution in [3.05, 3.63) is 196 Å². The number of nitrogens with two attached hydrogens (primary N) is 1. The maximum atomic E-state index is 12.3. The number of hydrogen-bond acceptors (Lipinski definition) is 22. The van der Waals surface area contributed by atoms with Gasteiger partial charge in [-0.2, -0.15) is 27.0 Å². The maximum Gasteiger partial charge on any atom is 0.426 e. The molecule has 9 heterocycles. The Morgan fingerprint density at radius 2 is 1.06 bits per heavy atom. The number of amidine groups is 1. The first-order valence-electron chi connectivity index (χ1n) is 37.2. The lowest BCUT2D eigenvalue weighted by molar-refractivity contribution is 0.0477. The zero-order valence-corrected chi connectivity index (χ0v) is 70.7. The fourth-order valence-corrected chi connectivity index (χ4v) is 15.9. The van der Waals surface area contributed by atoms with Crippen molar-refractivity contribution in [2.24, 2.45) is 16.1 Å². The van der Waals surface area contributed by atoms with Gasteiger partial charge in [-0.3, -0.25) is 35.4 Å². The molecule has 1 spiro atoms. The number of aliphatic imine (C=N–C) groups is 1. The van der Waals surface area contributed by atoms with E-state index in [1.807, 2.05) is 30.5 Å². The van der Waals surface area contributed by atoms with Crippen LogP contribution in [-0.4, -0.2) is 131 Å². The number of anilines is 2. The highest BCUT2D eigenvalue weighted by molar-refractivity contribution is 7.59. The number of carbonyl (C=O) groups is 5. The van der Waals surface area contributed by atoms with Gasteiger partial charge in [-0.25, -0.2) is 35.2 Å². The van der Waals surface area contributed by atoms with E-state index in [1.165, 1.54) is 24.0 Å². The van der Waals surface area contributed by atoms with Crippen LogP contribution in [0.3, 0.4) is 0 Å². The van der Waals surface area contributed by atoms with Crippen molar-refractivity contribution in [2.45, 2.75) is 169 Å². The number of carboxylic acids is 1. The number of hydrazine groups is 2. The Morgan fingerprint density at radius 1 is 0.574 bits per heavy atom. The van der Waals surface area contributed by atoms with Gasteiger partial charge in [0.2, 0.25) is 23.6 Å². The van der Waals surface area contributed by atoms with Gasteiger partial charge in [0.15, 0.2) is 5.84 Å². The number of amides is 4. The summed E-state index contributed by atoms with van der Waals surface area (Å²) in [6.45, 7) is 20.0. The molecule has 34 heteroatoms. The molecule has 2 aliphatic carbocycles. The smallest absolute Gasteiger partial charge is 0.426 e. The predicted octanol–water partition coefficient (Wildman–Crippen LogP) is 16.4. The molecule has 115 heavy (non-hydrogen) atoms. The first-order chi connectivity index (χ1) is 53.9. The van der Waals surface area contributed by atoms with Crippen LogP contribution in [0, 0.1) is 19.3 Å². The van der Waals surface area contributed by atoms with Gasteiger partial charge in [0, 0.05) is 73.8 Å². The second-order valence-electron chi connectivity index (χ2n) is 30.0. The molecule has 5 aromatic carbocycles. The molecule has 0 unspecified atom stereocenters. The van der Waals surface area contributed by atoms with Crippen molar-refractivity contribution < 1.29 is 52.1 Å². The van der Waals surface area contributed by atoms with Crippen LogP contribution in [0.15, 0.2) is 117 Å². The van der Waals surface area contributed by atoms with Crippen molar-refractivity contribution in [3.63, 3.8) is 0 Å². The number of aromatic carboxylic acids is 1. The maximum absolute atomic E-state index is 12.3. The molecule has 0 saturated carbocycles. The van der Waals surface area contributed by atoms with Gasteiger partial charge in [0.1, 0.15) is 22.7 Å². The molecule has 4 amide bonds. The summed E-state index contributed by atoms with van der Waals surface area (Å²) in [5.41, 5.74) is 26.9. The molecule has 2 atom stereocenters. The van der Waals surface area contributed by atoms with Gasteiger partial charge in [-0.05, 0) is 214 Å². The second-order valence-corrected chi connectivity index (χ2v) is 32.0. The number of aryl methyl sites for hydroxylation is 4. The lowest BCUT2D eigenvalue weighted by atomic mass is 9.73. The molecule has 0 radical (unpaired) electrons. The number of pyridine rings is 2. The van der Waals surface area contributed by atoms with E-state index in [0.29, 0.717) is 72.5 Å². The fraction of sp³-hybridized carbons (Fsp3) is 0.383. The standard InChI is InChI=1S/C27H31ClN8O2.C16H21ClN2O3.C15H16ClN3O3.C13H13ClN2O.C10H6ClNO2.2H2S/c1-15-24(29)27(14-37-15)7-10-35(11-8-27)21-13-30-23-19(32-21)12-31-25(23)36-9-3-4-17-20(36)6-5-18(28)22(17)26-34-33-16(2)38-26;1-16(2,3)22-15(21)19-18-14(20)13-11-7-5-4-6-10(11)8-9-12(13)17;1-15(2,3)22-14(21)19-18-13(20)12-9-5-4-8-17-11(9)7-6-10(12)16;1-8-15-16-13(17-8)12-10-5-3-2-4-9(10)6-7-11(12)14;11-7-3-4-8-6(2-1-5-12-8)9(7)10(13)14;;/h5-6,13,15,24H,3-4,7-12,14,29H2,1-2H3;8-9H,4-7H2,1-3H3,(H,18,20)(H,19,21);4-8H,1-3H3,(H,18,20)(H,19,21);6-7H,2-5H2,1H3;1-5H,(H,13,14);2*1H2/t15-,24+;;;;;;/m0....../s1. The fourth-order valence-electron chi connectivity index (χ4n) is 14.6. The second kappa shape index (κ2) is 38.1. The minimum absolute atomic E-state index is 0. The highest BCUT2D eigenvalue weighted by Gasteiger charge is 2.48. The molecular weight excluding hydrogens is 1610 g/mol. The van der Waals surface area contributed by atoms with Crippen LogP contribution in [-0.2, 0) is 52.9 Å². The van der Waals surface area contributed by atoms with E-state index in [4.69, 9.17) is 107 Å². The van der Waals surface area contributed by atoms with Gasteiger partial charge in [0.05, 0.1) is 95.1 Å². The third kappa shape index (κ3) is 20.9. The van der Waals surface area contributed by atoms with Gasteiger partial charge >= 0.3 is 18.2 Å². The number of carboxylic acid groups (broad SMARTS) is 1. The minimum Gasteiger partial charge on any atom is -0.478 e. The van der Waals surface area contributed by atoms with Crippen LogP contribution in [0.5, 0.6) is 0 Å². The highest BCUT2D eigenvalue weighted by Crippen LogP contribution is 2.44. The van der Waals surface area contributed by atoms with Gasteiger partial charge in [-0.15, -0.1) is 20.4 Å². The van der Waals surface area contributed by atoms with E-state index in [9.17, 15) is 24.0 Å². The third-order valence-corrected chi connectivity index (χ3v) is 21.5. The average molecular weight is 1710 g/mol. The summed E-state index contributed by atoms with van der Waals surface area (Å²) in [6, 6.07) is 25.1. The van der Waals surface area contributed by atoms with Crippen LogP contribution >= 0.6 is 85.0 Å². The SMILES string of the molecule is CC(C)(C)OC(=O)NNC(=O)c1c(Cl)ccc2c1CCCC2.CC(C)(C)OC(=O)NNC(=O)c1c(Cl)ccc2ncccc12.Cc1nnc(-c2c(Cl)ccc3c2CCCC3)o1.Cc1nnc(-c2c(Cl)ccc3c2CCCN3C2=NCc3nc(N4CCC5(CC4)CO[C@@H](C)[C@H]5N)cnc32)o1.O=C(O)c1c(Cl)ccc2ncccc12.S.S. The van der Waals surface area contributed by atoms with Gasteiger partial charge < -0.3 is 43.7 Å². The molecule has 2 saturated heterocycles.